The molecule has 0 saturated heterocycles. The van der Waals surface area contributed by atoms with Crippen molar-refractivity contribution in [1.29, 1.82) is 0 Å². The molecule has 2 rings (SSSR count). The SMILES string of the molecule is COc1ccnc2c(O)cccc12. The highest BCUT2D eigenvalue weighted by Gasteiger charge is 2.04. The van der Waals surface area contributed by atoms with E-state index in [9.17, 15) is 5.11 Å². The minimum Gasteiger partial charge on any atom is -0.506 e. The molecule has 1 aromatic carbocycles. The Balaban J connectivity index is 2.84. The zero-order valence-corrected chi connectivity index (χ0v) is 7.19. The second-order valence-corrected chi connectivity index (χ2v) is 2.69. The van der Waals surface area contributed by atoms with Crippen LogP contribution in [0.4, 0.5) is 0 Å². The molecule has 0 amide bonds. The van der Waals surface area contributed by atoms with Crippen LogP contribution in [-0.2, 0) is 0 Å². The first-order chi connectivity index (χ1) is 6.33. The van der Waals surface area contributed by atoms with Gasteiger partial charge in [-0.3, -0.25) is 4.98 Å². The van der Waals surface area contributed by atoms with Crippen LogP contribution in [0.5, 0.6) is 11.5 Å². The van der Waals surface area contributed by atoms with E-state index in [1.54, 1.807) is 31.5 Å². The molecule has 3 heteroatoms. The van der Waals surface area contributed by atoms with Crippen LogP contribution in [0, 0.1) is 0 Å². The fourth-order valence-electron chi connectivity index (χ4n) is 1.31. The van der Waals surface area contributed by atoms with Crippen molar-refractivity contribution in [2.45, 2.75) is 0 Å². The summed E-state index contributed by atoms with van der Waals surface area (Å²) in [4.78, 5) is 4.06. The second kappa shape index (κ2) is 2.94. The number of phenolic OH excluding ortho intramolecular Hbond substituents is 1. The van der Waals surface area contributed by atoms with E-state index >= 15 is 0 Å². The molecule has 3 nitrogen and oxygen atoms in total. The van der Waals surface area contributed by atoms with E-state index in [2.05, 4.69) is 4.98 Å². The summed E-state index contributed by atoms with van der Waals surface area (Å²) in [6, 6.07) is 7.00. The van der Waals surface area contributed by atoms with Crippen molar-refractivity contribution in [2.24, 2.45) is 0 Å². The summed E-state index contributed by atoms with van der Waals surface area (Å²) in [5, 5.41) is 10.3. The van der Waals surface area contributed by atoms with Gasteiger partial charge < -0.3 is 9.84 Å². The Morgan fingerprint density at radius 1 is 1.31 bits per heavy atom. The number of ether oxygens (including phenoxy) is 1. The molecule has 66 valence electrons. The third kappa shape index (κ3) is 1.18. The van der Waals surface area contributed by atoms with E-state index < -0.39 is 0 Å². The Labute approximate surface area is 75.6 Å². The fraction of sp³-hybridized carbons (Fsp3) is 0.100. The number of phenols is 1. The normalized spacial score (nSPS) is 10.2. The summed E-state index contributed by atoms with van der Waals surface area (Å²) in [5.74, 6) is 0.900. The molecule has 0 unspecified atom stereocenters. The van der Waals surface area contributed by atoms with E-state index in [0.717, 1.165) is 11.1 Å². The van der Waals surface area contributed by atoms with Gasteiger partial charge in [-0.1, -0.05) is 6.07 Å². The molecule has 0 bridgehead atoms. The molecule has 0 spiro atoms. The van der Waals surface area contributed by atoms with Crippen LogP contribution in [0.1, 0.15) is 0 Å². The van der Waals surface area contributed by atoms with E-state index in [4.69, 9.17) is 4.74 Å². The number of rotatable bonds is 1. The standard InChI is InChI=1S/C10H9NO2/c1-13-9-5-6-11-10-7(9)3-2-4-8(10)12/h2-6,12H,1H3. The molecule has 1 N–H and O–H groups in total. The van der Waals surface area contributed by atoms with Gasteiger partial charge in [0.25, 0.3) is 0 Å². The Morgan fingerprint density at radius 3 is 2.92 bits per heavy atom. The van der Waals surface area contributed by atoms with Gasteiger partial charge in [-0.2, -0.15) is 0 Å². The van der Waals surface area contributed by atoms with Gasteiger partial charge in [0.05, 0.1) is 7.11 Å². The van der Waals surface area contributed by atoms with Crippen molar-refractivity contribution in [2.75, 3.05) is 7.11 Å². The summed E-state index contributed by atoms with van der Waals surface area (Å²) in [5.41, 5.74) is 0.571. The monoisotopic (exact) mass is 175 g/mol. The van der Waals surface area contributed by atoms with Crippen molar-refractivity contribution in [3.63, 3.8) is 0 Å². The van der Waals surface area contributed by atoms with Crippen LogP contribution in [0.2, 0.25) is 0 Å². The lowest BCUT2D eigenvalue weighted by Gasteiger charge is -2.04. The lowest BCUT2D eigenvalue weighted by molar-refractivity contribution is 0.419. The van der Waals surface area contributed by atoms with Crippen LogP contribution in [0.3, 0.4) is 0 Å². The number of nitrogens with zero attached hydrogens (tertiary/aromatic N) is 1. The number of hydrogen-bond donors (Lipinski definition) is 1. The number of aromatic nitrogens is 1. The van der Waals surface area contributed by atoms with Gasteiger partial charge in [-0.15, -0.1) is 0 Å². The summed E-state index contributed by atoms with van der Waals surface area (Å²) >= 11 is 0. The molecule has 0 aliphatic heterocycles. The van der Waals surface area contributed by atoms with E-state index in [1.807, 2.05) is 6.07 Å². The highest BCUT2D eigenvalue weighted by atomic mass is 16.5. The number of pyridine rings is 1. The minimum atomic E-state index is 0.177. The first-order valence-electron chi connectivity index (χ1n) is 3.93. The maximum Gasteiger partial charge on any atom is 0.141 e. The number of methoxy groups -OCH3 is 1. The third-order valence-electron chi connectivity index (χ3n) is 1.93. The van der Waals surface area contributed by atoms with Gasteiger partial charge in [0.1, 0.15) is 17.0 Å². The number of aromatic hydroxyl groups is 1. The highest BCUT2D eigenvalue weighted by Crippen LogP contribution is 2.28. The highest BCUT2D eigenvalue weighted by molar-refractivity contribution is 5.89. The maximum atomic E-state index is 9.47. The van der Waals surface area contributed by atoms with Crippen molar-refractivity contribution >= 4 is 10.9 Å². The summed E-state index contributed by atoms with van der Waals surface area (Å²) < 4.78 is 5.13. The summed E-state index contributed by atoms with van der Waals surface area (Å²) in [6.07, 6.45) is 1.61. The molecule has 1 heterocycles. The van der Waals surface area contributed by atoms with Crippen LogP contribution in [-0.4, -0.2) is 17.2 Å². The number of benzene rings is 1. The van der Waals surface area contributed by atoms with E-state index in [1.165, 1.54) is 0 Å². The Morgan fingerprint density at radius 2 is 2.15 bits per heavy atom. The molecule has 0 atom stereocenters. The van der Waals surface area contributed by atoms with Gasteiger partial charge >= 0.3 is 0 Å². The zero-order valence-electron chi connectivity index (χ0n) is 7.19. The van der Waals surface area contributed by atoms with Gasteiger partial charge in [-0.05, 0) is 18.2 Å². The Hall–Kier alpha value is -1.77. The van der Waals surface area contributed by atoms with Crippen molar-refractivity contribution in [3.8, 4) is 11.5 Å². The van der Waals surface area contributed by atoms with E-state index in [0.29, 0.717) is 5.52 Å². The predicted octanol–water partition coefficient (Wildman–Crippen LogP) is 1.95. The van der Waals surface area contributed by atoms with Gasteiger partial charge in [0.15, 0.2) is 0 Å². The molecular formula is C10H9NO2. The molecule has 0 saturated carbocycles. The van der Waals surface area contributed by atoms with E-state index in [-0.39, 0.29) is 5.75 Å². The molecule has 0 radical (unpaired) electrons. The van der Waals surface area contributed by atoms with Gasteiger partial charge in [-0.25, -0.2) is 0 Å². The molecule has 2 aromatic rings. The van der Waals surface area contributed by atoms with Gasteiger partial charge in [0, 0.05) is 11.6 Å². The first-order valence-corrected chi connectivity index (χ1v) is 3.93. The number of fused-ring (bicyclic) bond motifs is 1. The van der Waals surface area contributed by atoms with Crippen molar-refractivity contribution < 1.29 is 9.84 Å². The molecule has 0 aliphatic rings. The zero-order chi connectivity index (χ0) is 9.26. The van der Waals surface area contributed by atoms with Crippen molar-refractivity contribution in [3.05, 3.63) is 30.5 Å². The fourth-order valence-corrected chi connectivity index (χ4v) is 1.31. The number of para-hydroxylation sites is 1. The minimum absolute atomic E-state index is 0.177. The molecular weight excluding hydrogens is 166 g/mol. The third-order valence-corrected chi connectivity index (χ3v) is 1.93. The number of hydrogen-bond acceptors (Lipinski definition) is 3. The van der Waals surface area contributed by atoms with Crippen LogP contribution < -0.4 is 4.74 Å². The molecule has 13 heavy (non-hydrogen) atoms. The Bertz CT molecular complexity index is 440. The van der Waals surface area contributed by atoms with Crippen molar-refractivity contribution in [1.82, 2.24) is 4.98 Å². The van der Waals surface area contributed by atoms with Crippen LogP contribution >= 0.6 is 0 Å². The van der Waals surface area contributed by atoms with Crippen LogP contribution in [0.15, 0.2) is 30.5 Å². The quantitative estimate of drug-likeness (QED) is 0.720. The lowest BCUT2D eigenvalue weighted by atomic mass is 10.2. The van der Waals surface area contributed by atoms with Gasteiger partial charge in [0.2, 0.25) is 0 Å². The summed E-state index contributed by atoms with van der Waals surface area (Å²) in [6.45, 7) is 0. The Kier molecular flexibility index (Phi) is 1.77. The lowest BCUT2D eigenvalue weighted by Crippen LogP contribution is -1.86. The summed E-state index contributed by atoms with van der Waals surface area (Å²) in [7, 11) is 1.60. The average Bonchev–Trinajstić information content (AvgIpc) is 2.18. The topological polar surface area (TPSA) is 42.4 Å². The average molecular weight is 175 g/mol. The smallest absolute Gasteiger partial charge is 0.141 e. The molecule has 0 fully saturated rings. The molecule has 0 aliphatic carbocycles. The molecule has 1 aromatic heterocycles. The first kappa shape index (κ1) is 7.86. The largest absolute Gasteiger partial charge is 0.506 e. The van der Waals surface area contributed by atoms with Crippen LogP contribution in [0.25, 0.3) is 10.9 Å². The second-order valence-electron chi connectivity index (χ2n) is 2.69. The maximum absolute atomic E-state index is 9.47. The predicted molar refractivity (Wildman–Crippen MR) is 50.0 cm³/mol.